The first-order valence-electron chi connectivity index (χ1n) is 9.99. The van der Waals surface area contributed by atoms with Gasteiger partial charge in [0.1, 0.15) is 0 Å². The first-order valence-corrected chi connectivity index (χ1v) is 10.7. The van der Waals surface area contributed by atoms with E-state index in [1.165, 1.54) is 33.3 Å². The maximum Gasteiger partial charge on any atom is 0.276 e. The van der Waals surface area contributed by atoms with Crippen LogP contribution >= 0.6 is 23.4 Å². The largest absolute Gasteiger partial charge is 0.493 e. The summed E-state index contributed by atoms with van der Waals surface area (Å²) < 4.78 is 22.3. The summed E-state index contributed by atoms with van der Waals surface area (Å²) in [6.45, 7) is 5.71. The number of benzene rings is 2. The van der Waals surface area contributed by atoms with Gasteiger partial charge in [0.25, 0.3) is 5.91 Å². The molecule has 178 valence electrons. The number of rotatable bonds is 11. The molecule has 1 unspecified atom stereocenters. The highest BCUT2D eigenvalue weighted by Gasteiger charge is 2.29. The van der Waals surface area contributed by atoms with Crippen molar-refractivity contribution in [2.45, 2.75) is 26.8 Å². The zero-order valence-electron chi connectivity index (χ0n) is 18.9. The molecule has 33 heavy (non-hydrogen) atoms. The summed E-state index contributed by atoms with van der Waals surface area (Å²) in [7, 11) is 2.89. The number of methoxy groups -OCH3 is 2. The first-order chi connectivity index (χ1) is 15.8. The molecule has 0 bridgehead atoms. The second kappa shape index (κ2) is 12.3. The fourth-order valence-corrected chi connectivity index (χ4v) is 3.27. The molecule has 1 atom stereocenters. The molecule has 11 heteroatoms. The van der Waals surface area contributed by atoms with Crippen LogP contribution in [0.2, 0.25) is 5.02 Å². The van der Waals surface area contributed by atoms with E-state index in [1.807, 2.05) is 13.8 Å². The van der Waals surface area contributed by atoms with Gasteiger partial charge in [0.15, 0.2) is 28.8 Å². The van der Waals surface area contributed by atoms with E-state index < -0.39 is 17.7 Å². The molecular formula is C22H25Cl2N3O6. The van der Waals surface area contributed by atoms with Crippen molar-refractivity contribution in [3.8, 4) is 23.0 Å². The number of azo groups is 1. The van der Waals surface area contributed by atoms with E-state index in [0.29, 0.717) is 36.2 Å². The van der Waals surface area contributed by atoms with E-state index in [1.54, 1.807) is 18.2 Å². The molecule has 0 aromatic heterocycles. The van der Waals surface area contributed by atoms with Crippen molar-refractivity contribution in [2.24, 2.45) is 10.2 Å². The van der Waals surface area contributed by atoms with E-state index in [0.717, 1.165) is 4.42 Å². The number of ether oxygens (including phenoxy) is 4. The summed E-state index contributed by atoms with van der Waals surface area (Å²) in [5.74, 6) is 0.236. The highest BCUT2D eigenvalue weighted by Crippen LogP contribution is 2.39. The van der Waals surface area contributed by atoms with Gasteiger partial charge in [-0.1, -0.05) is 11.6 Å². The van der Waals surface area contributed by atoms with Crippen LogP contribution in [-0.4, -0.2) is 45.2 Å². The van der Waals surface area contributed by atoms with Crippen LogP contribution < -0.4 is 23.4 Å². The molecule has 0 radical (unpaired) electrons. The van der Waals surface area contributed by atoms with Crippen molar-refractivity contribution >= 4 is 46.4 Å². The number of amides is 1. The van der Waals surface area contributed by atoms with Gasteiger partial charge in [0.2, 0.25) is 6.04 Å². The lowest BCUT2D eigenvalue weighted by Crippen LogP contribution is -2.36. The van der Waals surface area contributed by atoms with E-state index in [9.17, 15) is 9.59 Å². The Balaban J connectivity index is 2.33. The molecule has 1 amide bonds. The molecule has 0 spiro atoms. The summed E-state index contributed by atoms with van der Waals surface area (Å²) in [6, 6.07) is 6.24. The van der Waals surface area contributed by atoms with Crippen LogP contribution in [0.1, 0.15) is 20.8 Å². The third kappa shape index (κ3) is 6.49. The van der Waals surface area contributed by atoms with Crippen LogP contribution in [-0.2, 0) is 9.59 Å². The Hall–Kier alpha value is -3.04. The summed E-state index contributed by atoms with van der Waals surface area (Å²) in [5, 5.41) is 8.13. The number of carbonyl (C=O) groups excluding carboxylic acids is 2. The second-order valence-corrected chi connectivity index (χ2v) is 7.25. The minimum Gasteiger partial charge on any atom is -0.493 e. The number of nitrogens with zero attached hydrogens (tertiary/aromatic N) is 3. The SMILES string of the molecule is CCOc1ccc(N(Cl)C(=O)C(N=Nc2cc(Cl)c(OC)c(OC)c2)C(C)=O)cc1OCC. The second-order valence-electron chi connectivity index (χ2n) is 6.51. The van der Waals surface area contributed by atoms with Crippen molar-refractivity contribution in [2.75, 3.05) is 31.9 Å². The molecule has 0 saturated heterocycles. The first kappa shape index (κ1) is 26.2. The van der Waals surface area contributed by atoms with Gasteiger partial charge >= 0.3 is 0 Å². The zero-order valence-corrected chi connectivity index (χ0v) is 20.4. The molecule has 2 aromatic carbocycles. The highest BCUT2D eigenvalue weighted by atomic mass is 35.5. The maximum absolute atomic E-state index is 13.0. The van der Waals surface area contributed by atoms with Crippen LogP contribution in [0.5, 0.6) is 23.0 Å². The maximum atomic E-state index is 13.0. The Bertz CT molecular complexity index is 1030. The predicted octanol–water partition coefficient (Wildman–Crippen LogP) is 5.38. The molecule has 0 fully saturated rings. The third-order valence-corrected chi connectivity index (χ3v) is 4.92. The summed E-state index contributed by atoms with van der Waals surface area (Å²) in [5.41, 5.74) is 0.543. The molecule has 0 aliphatic heterocycles. The quantitative estimate of drug-likeness (QED) is 0.234. The van der Waals surface area contributed by atoms with Gasteiger partial charge in [-0.25, -0.2) is 4.42 Å². The molecule has 9 nitrogen and oxygen atoms in total. The zero-order chi connectivity index (χ0) is 24.5. The van der Waals surface area contributed by atoms with Crippen LogP contribution in [0.4, 0.5) is 11.4 Å². The van der Waals surface area contributed by atoms with Gasteiger partial charge in [-0.3, -0.25) is 9.59 Å². The Morgan fingerprint density at radius 3 is 2.24 bits per heavy atom. The van der Waals surface area contributed by atoms with Gasteiger partial charge in [0.05, 0.1) is 43.8 Å². The van der Waals surface area contributed by atoms with Crippen molar-refractivity contribution < 1.29 is 28.5 Å². The van der Waals surface area contributed by atoms with Gasteiger partial charge in [-0.2, -0.15) is 10.2 Å². The average molecular weight is 498 g/mol. The molecular weight excluding hydrogens is 473 g/mol. The van der Waals surface area contributed by atoms with Gasteiger partial charge in [0, 0.05) is 23.9 Å². The number of hydrogen-bond acceptors (Lipinski definition) is 8. The van der Waals surface area contributed by atoms with Crippen LogP contribution in [0.25, 0.3) is 0 Å². The highest BCUT2D eigenvalue weighted by molar-refractivity contribution is 6.39. The summed E-state index contributed by atoms with van der Waals surface area (Å²) in [6.07, 6.45) is 0. The molecule has 0 heterocycles. The lowest BCUT2D eigenvalue weighted by atomic mass is 10.2. The monoisotopic (exact) mass is 497 g/mol. The number of ketones is 1. The molecule has 0 aliphatic carbocycles. The van der Waals surface area contributed by atoms with Gasteiger partial charge in [-0.15, -0.1) is 0 Å². The minimum atomic E-state index is -1.48. The van der Waals surface area contributed by atoms with Crippen LogP contribution in [0, 0.1) is 0 Å². The topological polar surface area (TPSA) is 99.0 Å². The van der Waals surface area contributed by atoms with Gasteiger partial charge in [-0.05, 0) is 39.0 Å². The van der Waals surface area contributed by atoms with Crippen molar-refractivity contribution in [3.05, 3.63) is 35.4 Å². The molecule has 0 aliphatic rings. The number of anilines is 1. The normalized spacial score (nSPS) is 11.7. The summed E-state index contributed by atoms with van der Waals surface area (Å²) in [4.78, 5) is 25.1. The fourth-order valence-electron chi connectivity index (χ4n) is 2.79. The predicted molar refractivity (Wildman–Crippen MR) is 126 cm³/mol. The molecule has 0 N–H and O–H groups in total. The standard InChI is InChI=1S/C22H25Cl2N3O6/c1-6-32-17-9-8-15(12-18(17)33-7-2)27(24)22(29)20(13(3)28)26-25-14-10-16(23)21(31-5)19(11-14)30-4/h8-12,20H,6-7H2,1-5H3. The number of Topliss-reactive ketones (excluding diaryl/α,β-unsaturated/α-hetero) is 1. The lowest BCUT2D eigenvalue weighted by Gasteiger charge is -2.19. The van der Waals surface area contributed by atoms with Gasteiger partial charge < -0.3 is 18.9 Å². The molecule has 0 saturated carbocycles. The van der Waals surface area contributed by atoms with Crippen molar-refractivity contribution in [1.29, 1.82) is 0 Å². The minimum absolute atomic E-state index is 0.230. The number of halogens is 2. The Morgan fingerprint density at radius 2 is 1.67 bits per heavy atom. The molecule has 2 rings (SSSR count). The van der Waals surface area contributed by atoms with E-state index in [2.05, 4.69) is 10.2 Å². The average Bonchev–Trinajstić information content (AvgIpc) is 2.79. The Labute approximate surface area is 202 Å². The number of hydrogen-bond donors (Lipinski definition) is 0. The Kier molecular flexibility index (Phi) is 9.74. The van der Waals surface area contributed by atoms with E-state index >= 15 is 0 Å². The van der Waals surface area contributed by atoms with Crippen LogP contribution in [0.3, 0.4) is 0 Å². The van der Waals surface area contributed by atoms with Crippen molar-refractivity contribution in [1.82, 2.24) is 0 Å². The lowest BCUT2D eigenvalue weighted by molar-refractivity contribution is -0.126. The summed E-state index contributed by atoms with van der Waals surface area (Å²) >= 11 is 12.4. The third-order valence-electron chi connectivity index (χ3n) is 4.27. The van der Waals surface area contributed by atoms with Crippen molar-refractivity contribution in [3.63, 3.8) is 0 Å². The fraction of sp³-hybridized carbons (Fsp3) is 0.364. The Morgan fingerprint density at radius 1 is 1.00 bits per heavy atom. The molecule has 2 aromatic rings. The van der Waals surface area contributed by atoms with E-state index in [-0.39, 0.29) is 16.4 Å². The van der Waals surface area contributed by atoms with E-state index in [4.69, 9.17) is 42.3 Å². The van der Waals surface area contributed by atoms with Crippen LogP contribution in [0.15, 0.2) is 40.6 Å². The smallest absolute Gasteiger partial charge is 0.276 e. The number of carbonyl (C=O) groups is 2.